The van der Waals surface area contributed by atoms with E-state index in [1.165, 1.54) is 0 Å². The molecular formula is C15H28O2Si. The van der Waals surface area contributed by atoms with Crippen molar-refractivity contribution >= 4 is 8.32 Å². The van der Waals surface area contributed by atoms with Gasteiger partial charge in [0.1, 0.15) is 0 Å². The topological polar surface area (TPSA) is 18.5 Å². The summed E-state index contributed by atoms with van der Waals surface area (Å²) in [4.78, 5) is 0. The van der Waals surface area contributed by atoms with Crippen molar-refractivity contribution in [3.8, 4) is 0 Å². The lowest BCUT2D eigenvalue weighted by Crippen LogP contribution is -2.53. The summed E-state index contributed by atoms with van der Waals surface area (Å²) in [5, 5.41) is 0.275. The van der Waals surface area contributed by atoms with E-state index in [1.807, 2.05) is 0 Å². The number of rotatable bonds is 2. The lowest BCUT2D eigenvalue weighted by Gasteiger charge is -2.46. The second-order valence-corrected chi connectivity index (χ2v) is 12.3. The van der Waals surface area contributed by atoms with Gasteiger partial charge in [-0.1, -0.05) is 46.8 Å². The fourth-order valence-corrected chi connectivity index (χ4v) is 4.14. The lowest BCUT2D eigenvalue weighted by molar-refractivity contribution is -0.111. The maximum Gasteiger partial charge on any atom is 0.192 e. The second kappa shape index (κ2) is 4.46. The summed E-state index contributed by atoms with van der Waals surface area (Å²) in [7, 11) is -1.69. The van der Waals surface area contributed by atoms with Gasteiger partial charge < -0.3 is 9.16 Å². The molecule has 104 valence electrons. The average Bonchev–Trinajstić information content (AvgIpc) is 2.67. The molecular weight excluding hydrogens is 240 g/mol. The quantitative estimate of drug-likeness (QED) is 0.557. The summed E-state index contributed by atoms with van der Waals surface area (Å²) in [5.74, 6) is 0.924. The number of ether oxygens (including phenoxy) is 1. The van der Waals surface area contributed by atoms with E-state index in [4.69, 9.17) is 9.16 Å². The number of fused-ring (bicyclic) bond motifs is 2. The van der Waals surface area contributed by atoms with Gasteiger partial charge in [0.15, 0.2) is 8.32 Å². The molecule has 2 aliphatic heterocycles. The van der Waals surface area contributed by atoms with Crippen LogP contribution in [0.15, 0.2) is 12.2 Å². The highest BCUT2D eigenvalue weighted by atomic mass is 28.4. The van der Waals surface area contributed by atoms with Crippen LogP contribution in [0.1, 0.15) is 34.6 Å². The highest BCUT2D eigenvalue weighted by molar-refractivity contribution is 6.74. The van der Waals surface area contributed by atoms with Gasteiger partial charge in [0.25, 0.3) is 0 Å². The molecule has 1 saturated heterocycles. The molecule has 0 aromatic heterocycles. The van der Waals surface area contributed by atoms with Crippen LogP contribution in [0, 0.1) is 11.8 Å². The zero-order valence-corrected chi connectivity index (χ0v) is 13.9. The van der Waals surface area contributed by atoms with Gasteiger partial charge in [-0.25, -0.2) is 0 Å². The molecule has 0 N–H and O–H groups in total. The molecule has 0 amide bonds. The largest absolute Gasteiger partial charge is 0.413 e. The Morgan fingerprint density at radius 3 is 1.83 bits per heavy atom. The van der Waals surface area contributed by atoms with Crippen molar-refractivity contribution in [2.45, 2.75) is 71.1 Å². The van der Waals surface area contributed by atoms with Crippen LogP contribution in [0.25, 0.3) is 0 Å². The van der Waals surface area contributed by atoms with Gasteiger partial charge in [-0.3, -0.25) is 0 Å². The Kier molecular flexibility index (Phi) is 3.54. The fraction of sp³-hybridized carbons (Fsp3) is 0.867. The van der Waals surface area contributed by atoms with Gasteiger partial charge in [-0.05, 0) is 18.1 Å². The maximum atomic E-state index is 6.67. The van der Waals surface area contributed by atoms with E-state index in [0.717, 1.165) is 0 Å². The molecule has 0 saturated carbocycles. The van der Waals surface area contributed by atoms with Crippen molar-refractivity contribution in [3.63, 3.8) is 0 Å². The van der Waals surface area contributed by atoms with Gasteiger partial charge in [0, 0.05) is 11.8 Å². The van der Waals surface area contributed by atoms with E-state index >= 15 is 0 Å². The van der Waals surface area contributed by atoms with Crippen LogP contribution in [0.4, 0.5) is 0 Å². The molecule has 2 rings (SSSR count). The second-order valence-electron chi connectivity index (χ2n) is 7.51. The molecule has 1 fully saturated rings. The summed E-state index contributed by atoms with van der Waals surface area (Å²) in [6.45, 7) is 16.1. The summed E-state index contributed by atoms with van der Waals surface area (Å²) in [5.41, 5.74) is 0. The van der Waals surface area contributed by atoms with Crippen molar-refractivity contribution < 1.29 is 9.16 Å². The minimum atomic E-state index is -1.69. The molecule has 0 spiro atoms. The van der Waals surface area contributed by atoms with Gasteiger partial charge >= 0.3 is 0 Å². The summed E-state index contributed by atoms with van der Waals surface area (Å²) in [6.07, 6.45) is 5.31. The van der Waals surface area contributed by atoms with Crippen LogP contribution in [-0.2, 0) is 9.16 Å². The Bertz CT molecular complexity index is 325. The number of hydrogen-bond acceptors (Lipinski definition) is 2. The molecule has 0 aromatic rings. The molecule has 18 heavy (non-hydrogen) atoms. The van der Waals surface area contributed by atoms with Gasteiger partial charge in [-0.15, -0.1) is 0 Å². The summed E-state index contributed by atoms with van der Waals surface area (Å²) >= 11 is 0. The maximum absolute atomic E-state index is 6.67. The monoisotopic (exact) mass is 268 g/mol. The molecule has 2 heterocycles. The first-order chi connectivity index (χ1) is 8.13. The SMILES string of the molecule is C[C@@H]1C(O[Si](C)(C)C(C)(C)C)[C@H](C)[C@@H]2C=C[C@H]1O2. The molecule has 2 nitrogen and oxygen atoms in total. The lowest BCUT2D eigenvalue weighted by atomic mass is 9.86. The molecule has 3 heteroatoms. The van der Waals surface area contributed by atoms with E-state index in [1.54, 1.807) is 0 Å². The van der Waals surface area contributed by atoms with Crippen LogP contribution < -0.4 is 0 Å². The van der Waals surface area contributed by atoms with E-state index in [9.17, 15) is 0 Å². The van der Waals surface area contributed by atoms with Crippen LogP contribution in [0.2, 0.25) is 18.1 Å². The Morgan fingerprint density at radius 1 is 1.00 bits per heavy atom. The zero-order valence-electron chi connectivity index (χ0n) is 12.9. The van der Waals surface area contributed by atoms with Crippen molar-refractivity contribution in [3.05, 3.63) is 12.2 Å². The van der Waals surface area contributed by atoms with Gasteiger partial charge in [-0.2, -0.15) is 0 Å². The predicted octanol–water partition coefficient (Wildman–Crippen LogP) is 3.99. The minimum Gasteiger partial charge on any atom is -0.413 e. The van der Waals surface area contributed by atoms with Crippen molar-refractivity contribution in [2.75, 3.05) is 0 Å². The Labute approximate surface area is 113 Å². The molecule has 0 aromatic carbocycles. The third-order valence-corrected chi connectivity index (χ3v) is 9.59. The van der Waals surface area contributed by atoms with Crippen LogP contribution in [-0.4, -0.2) is 26.6 Å². The van der Waals surface area contributed by atoms with Crippen molar-refractivity contribution in [2.24, 2.45) is 11.8 Å². The summed E-state index contributed by atoms with van der Waals surface area (Å²) < 4.78 is 12.6. The Balaban J connectivity index is 2.14. The first-order valence-corrected chi connectivity index (χ1v) is 10.1. The predicted molar refractivity (Wildman–Crippen MR) is 78.2 cm³/mol. The van der Waals surface area contributed by atoms with Crippen LogP contribution >= 0.6 is 0 Å². The van der Waals surface area contributed by atoms with E-state index in [-0.39, 0.29) is 17.2 Å². The highest BCUT2D eigenvalue weighted by Gasteiger charge is 2.47. The highest BCUT2D eigenvalue weighted by Crippen LogP contribution is 2.43. The number of hydrogen-bond donors (Lipinski definition) is 0. The first-order valence-electron chi connectivity index (χ1n) is 7.15. The smallest absolute Gasteiger partial charge is 0.192 e. The standard InChI is InChI=1S/C15H28O2Si/c1-10-12-8-9-13(16-12)11(2)14(10)17-18(6,7)15(3,4)5/h8-14H,1-7H3/t10-,11+,12+,13-,14?. The average molecular weight is 268 g/mol. The Hall–Kier alpha value is -0.123. The molecule has 0 radical (unpaired) electrons. The third-order valence-electron chi connectivity index (χ3n) is 5.11. The first kappa shape index (κ1) is 14.3. The summed E-state index contributed by atoms with van der Waals surface area (Å²) in [6, 6.07) is 0. The minimum absolute atomic E-state index is 0.265. The Morgan fingerprint density at radius 2 is 1.44 bits per heavy atom. The van der Waals surface area contributed by atoms with Gasteiger partial charge in [0.05, 0.1) is 18.3 Å². The normalized spacial score (nSPS) is 40.3. The van der Waals surface area contributed by atoms with Gasteiger partial charge in [0.2, 0.25) is 0 Å². The molecule has 2 bridgehead atoms. The molecule has 5 atom stereocenters. The molecule has 2 aliphatic rings. The van der Waals surface area contributed by atoms with Crippen LogP contribution in [0.3, 0.4) is 0 Å². The fourth-order valence-electron chi connectivity index (χ4n) is 2.67. The molecule has 1 unspecified atom stereocenters. The van der Waals surface area contributed by atoms with E-state index in [0.29, 0.717) is 17.9 Å². The van der Waals surface area contributed by atoms with E-state index < -0.39 is 8.32 Å². The zero-order chi connectivity index (χ0) is 13.7. The van der Waals surface area contributed by atoms with Crippen molar-refractivity contribution in [1.29, 1.82) is 0 Å². The van der Waals surface area contributed by atoms with Crippen molar-refractivity contribution in [1.82, 2.24) is 0 Å². The van der Waals surface area contributed by atoms with Crippen LogP contribution in [0.5, 0.6) is 0 Å². The molecule has 0 aliphatic carbocycles. The van der Waals surface area contributed by atoms with E-state index in [2.05, 4.69) is 59.9 Å². The third kappa shape index (κ3) is 2.32.